The maximum atomic E-state index is 12.7. The number of sulfonamides is 1. The predicted octanol–water partition coefficient (Wildman–Crippen LogP) is 2.50. The van der Waals surface area contributed by atoms with Crippen LogP contribution < -0.4 is 10.7 Å². The van der Waals surface area contributed by atoms with Gasteiger partial charge in [0.25, 0.3) is 11.8 Å². The lowest BCUT2D eigenvalue weighted by atomic mass is 10.2. The summed E-state index contributed by atoms with van der Waals surface area (Å²) in [6.45, 7) is 0.776. The Morgan fingerprint density at radius 1 is 1.00 bits per heavy atom. The highest BCUT2D eigenvalue weighted by Crippen LogP contribution is 2.20. The van der Waals surface area contributed by atoms with Gasteiger partial charge in [-0.15, -0.1) is 0 Å². The van der Waals surface area contributed by atoms with Crippen LogP contribution in [0.1, 0.15) is 35.2 Å². The van der Waals surface area contributed by atoms with Crippen LogP contribution in [0.5, 0.6) is 0 Å². The van der Waals surface area contributed by atoms with E-state index in [1.54, 1.807) is 0 Å². The monoisotopic (exact) mass is 506 g/mol. The minimum absolute atomic E-state index is 0.158. The number of nitrogens with one attached hydrogen (secondary N) is 2. The third-order valence-electron chi connectivity index (χ3n) is 4.75. The van der Waals surface area contributed by atoms with E-state index in [4.69, 9.17) is 0 Å². The van der Waals surface area contributed by atoms with E-state index in [0.717, 1.165) is 29.3 Å². The molecule has 2 amide bonds. The van der Waals surface area contributed by atoms with Crippen molar-refractivity contribution in [3.63, 3.8) is 0 Å². The third-order valence-corrected chi connectivity index (χ3v) is 7.19. The number of nitrogens with zero attached hydrogens (tertiary/aromatic N) is 2. The summed E-state index contributed by atoms with van der Waals surface area (Å²) < 4.78 is 27.7. The molecule has 1 aliphatic heterocycles. The van der Waals surface area contributed by atoms with Gasteiger partial charge in [0.15, 0.2) is 0 Å². The molecule has 1 heterocycles. The molecule has 2 N–H and O–H groups in total. The molecular weight excluding hydrogens is 484 g/mol. The molecule has 3 rings (SSSR count). The van der Waals surface area contributed by atoms with Gasteiger partial charge < -0.3 is 5.32 Å². The molecule has 10 heteroatoms. The van der Waals surface area contributed by atoms with Crippen LogP contribution in [0.3, 0.4) is 0 Å². The Kier molecular flexibility index (Phi) is 7.94. The highest BCUT2D eigenvalue weighted by Gasteiger charge is 2.25. The van der Waals surface area contributed by atoms with Gasteiger partial charge in [-0.25, -0.2) is 13.8 Å². The van der Waals surface area contributed by atoms with Gasteiger partial charge in [-0.05, 0) is 54.8 Å². The van der Waals surface area contributed by atoms with Crippen molar-refractivity contribution >= 4 is 44.0 Å². The van der Waals surface area contributed by atoms with Crippen LogP contribution in [-0.2, 0) is 14.8 Å². The van der Waals surface area contributed by atoms with E-state index in [1.165, 1.54) is 34.8 Å². The maximum Gasteiger partial charge on any atom is 0.259 e. The van der Waals surface area contributed by atoms with Gasteiger partial charge in [0.05, 0.1) is 17.7 Å². The molecule has 1 aliphatic rings. The first-order chi connectivity index (χ1) is 14.9. The van der Waals surface area contributed by atoms with Gasteiger partial charge in [-0.3, -0.25) is 9.59 Å². The fraction of sp³-hybridized carbons (Fsp3) is 0.286. The highest BCUT2D eigenvalue weighted by molar-refractivity contribution is 9.10. The van der Waals surface area contributed by atoms with Gasteiger partial charge in [0.2, 0.25) is 10.0 Å². The van der Waals surface area contributed by atoms with Gasteiger partial charge in [0, 0.05) is 23.1 Å². The van der Waals surface area contributed by atoms with E-state index in [-0.39, 0.29) is 17.0 Å². The summed E-state index contributed by atoms with van der Waals surface area (Å²) in [7, 11) is -3.55. The zero-order valence-electron chi connectivity index (χ0n) is 16.8. The zero-order valence-corrected chi connectivity index (χ0v) is 19.2. The summed E-state index contributed by atoms with van der Waals surface area (Å²) in [5, 5.41) is 6.33. The molecule has 0 spiro atoms. The molecule has 1 fully saturated rings. The molecule has 0 bridgehead atoms. The SMILES string of the molecule is O=C(CNC(=O)c1ccc(S(=O)(=O)N2CCCCC2)cc1)NN=Cc1ccc(Br)cc1. The van der Waals surface area contributed by atoms with Crippen LogP contribution in [0.25, 0.3) is 0 Å². The molecule has 8 nitrogen and oxygen atoms in total. The molecule has 2 aromatic carbocycles. The van der Waals surface area contributed by atoms with E-state index in [1.807, 2.05) is 24.3 Å². The maximum absolute atomic E-state index is 12.7. The number of rotatable bonds is 7. The lowest BCUT2D eigenvalue weighted by Gasteiger charge is -2.25. The van der Waals surface area contributed by atoms with Crippen molar-refractivity contribution in [3.8, 4) is 0 Å². The molecule has 31 heavy (non-hydrogen) atoms. The minimum atomic E-state index is -3.55. The van der Waals surface area contributed by atoms with Crippen LogP contribution in [0.2, 0.25) is 0 Å². The minimum Gasteiger partial charge on any atom is -0.343 e. The van der Waals surface area contributed by atoms with Crippen LogP contribution >= 0.6 is 15.9 Å². The van der Waals surface area contributed by atoms with E-state index in [0.29, 0.717) is 13.1 Å². The predicted molar refractivity (Wildman–Crippen MR) is 121 cm³/mol. The van der Waals surface area contributed by atoms with Crippen molar-refractivity contribution in [3.05, 3.63) is 64.1 Å². The molecule has 0 atom stereocenters. The van der Waals surface area contributed by atoms with E-state index >= 15 is 0 Å². The molecule has 0 aliphatic carbocycles. The Bertz CT molecular complexity index is 1050. The summed E-state index contributed by atoms with van der Waals surface area (Å²) in [4.78, 5) is 24.3. The molecule has 2 aromatic rings. The molecule has 164 valence electrons. The molecule has 1 saturated heterocycles. The van der Waals surface area contributed by atoms with Crippen LogP contribution in [-0.4, -0.2) is 50.4 Å². The molecule has 0 aromatic heterocycles. The lowest BCUT2D eigenvalue weighted by molar-refractivity contribution is -0.120. The largest absolute Gasteiger partial charge is 0.343 e. The van der Waals surface area contributed by atoms with Crippen LogP contribution in [0, 0.1) is 0 Å². The quantitative estimate of drug-likeness (QED) is 0.444. The normalized spacial score (nSPS) is 15.0. The van der Waals surface area contributed by atoms with E-state index in [9.17, 15) is 18.0 Å². The van der Waals surface area contributed by atoms with E-state index in [2.05, 4.69) is 31.8 Å². The summed E-state index contributed by atoms with van der Waals surface area (Å²) in [6, 6.07) is 13.1. The molecule has 0 unspecified atom stereocenters. The van der Waals surface area contributed by atoms with Gasteiger partial charge in [-0.1, -0.05) is 34.5 Å². The van der Waals surface area contributed by atoms with E-state index < -0.39 is 21.8 Å². The van der Waals surface area contributed by atoms with Crippen LogP contribution in [0.4, 0.5) is 0 Å². The molecule has 0 saturated carbocycles. The summed E-state index contributed by atoms with van der Waals surface area (Å²) in [5.74, 6) is -0.958. The number of hydrogen-bond acceptors (Lipinski definition) is 5. The second-order valence-electron chi connectivity index (χ2n) is 7.02. The first-order valence-electron chi connectivity index (χ1n) is 9.82. The van der Waals surface area contributed by atoms with Crippen molar-refractivity contribution in [2.24, 2.45) is 5.10 Å². The second kappa shape index (κ2) is 10.7. The van der Waals surface area contributed by atoms with Crippen molar-refractivity contribution in [1.29, 1.82) is 0 Å². The van der Waals surface area contributed by atoms with Gasteiger partial charge in [-0.2, -0.15) is 9.41 Å². The Morgan fingerprint density at radius 2 is 1.65 bits per heavy atom. The van der Waals surface area contributed by atoms with Crippen molar-refractivity contribution in [1.82, 2.24) is 15.0 Å². The Hall–Kier alpha value is -2.56. The fourth-order valence-electron chi connectivity index (χ4n) is 3.06. The zero-order chi connectivity index (χ0) is 22.3. The summed E-state index contributed by atoms with van der Waals surface area (Å²) in [6.07, 6.45) is 4.24. The van der Waals surface area contributed by atoms with Gasteiger partial charge in [0.1, 0.15) is 0 Å². The van der Waals surface area contributed by atoms with Crippen LogP contribution in [0.15, 0.2) is 63.0 Å². The number of benzene rings is 2. The highest BCUT2D eigenvalue weighted by atomic mass is 79.9. The average molecular weight is 507 g/mol. The van der Waals surface area contributed by atoms with Crippen molar-refractivity contribution < 1.29 is 18.0 Å². The second-order valence-corrected chi connectivity index (χ2v) is 9.87. The Labute approximate surface area is 189 Å². The number of carbonyl (C=O) groups is 2. The number of hydrazone groups is 1. The molecular formula is C21H23BrN4O4S. The lowest BCUT2D eigenvalue weighted by Crippen LogP contribution is -2.36. The standard InChI is InChI=1S/C21H23BrN4O4S/c22-18-8-4-16(5-9-18)14-24-25-20(27)15-23-21(28)17-6-10-19(11-7-17)31(29,30)26-12-2-1-3-13-26/h4-11,14H,1-3,12-13,15H2,(H,23,28)(H,25,27). The van der Waals surface area contributed by atoms with Gasteiger partial charge >= 0.3 is 0 Å². The number of halogens is 1. The number of hydrogen-bond donors (Lipinski definition) is 2. The number of carbonyl (C=O) groups excluding carboxylic acids is 2. The number of amides is 2. The first-order valence-corrected chi connectivity index (χ1v) is 12.1. The van der Waals surface area contributed by atoms with Crippen molar-refractivity contribution in [2.45, 2.75) is 24.2 Å². The summed E-state index contributed by atoms with van der Waals surface area (Å²) in [5.41, 5.74) is 3.42. The molecule has 0 radical (unpaired) electrons. The summed E-state index contributed by atoms with van der Waals surface area (Å²) >= 11 is 3.34. The first kappa shape index (κ1) is 23.1. The van der Waals surface area contributed by atoms with Crippen molar-refractivity contribution in [2.75, 3.05) is 19.6 Å². The smallest absolute Gasteiger partial charge is 0.259 e. The fourth-order valence-corrected chi connectivity index (χ4v) is 4.84. The number of piperidine rings is 1. The average Bonchev–Trinajstić information content (AvgIpc) is 2.79. The Balaban J connectivity index is 1.50. The Morgan fingerprint density at radius 3 is 2.29 bits per heavy atom. The third kappa shape index (κ3) is 6.46. The topological polar surface area (TPSA) is 108 Å².